The Hall–Kier alpha value is -4.58. The predicted molar refractivity (Wildman–Crippen MR) is 195 cm³/mol. The number of pyridine rings is 4. The van der Waals surface area contributed by atoms with Gasteiger partial charge in [-0.3, -0.25) is 27.5 Å². The molecule has 0 unspecified atom stereocenters. The van der Waals surface area contributed by atoms with Gasteiger partial charge in [-0.1, -0.05) is 89.1 Å². The fourth-order valence-corrected chi connectivity index (χ4v) is 4.38. The van der Waals surface area contributed by atoms with Crippen molar-refractivity contribution in [3.05, 3.63) is 156 Å². The summed E-state index contributed by atoms with van der Waals surface area (Å²) in [7, 11) is -10.7. The van der Waals surface area contributed by atoms with E-state index in [4.69, 9.17) is 0 Å². The van der Waals surface area contributed by atoms with E-state index in [1.165, 1.54) is 11.1 Å². The average molecular weight is 986 g/mol. The van der Waals surface area contributed by atoms with Crippen LogP contribution in [0, 0.1) is 35.4 Å². The number of nitrogens with zero attached hydrogens (tertiary/aromatic N) is 4. The first-order chi connectivity index (χ1) is 25.2. The molecular weight excluding hydrogens is 950 g/mol. The quantitative estimate of drug-likeness (QED) is 0.101. The Balaban J connectivity index is 0.000000270. The van der Waals surface area contributed by atoms with Gasteiger partial charge in [0.2, 0.25) is 0 Å². The van der Waals surface area contributed by atoms with Crippen molar-refractivity contribution >= 4 is 7.81 Å². The van der Waals surface area contributed by atoms with Crippen LogP contribution in [0.5, 0.6) is 0 Å². The Labute approximate surface area is 332 Å². The molecule has 0 amide bonds. The number of aromatic nitrogens is 4. The maximum Gasteiger partial charge on any atom is 3.00 e. The Kier molecular flexibility index (Phi) is 15.4. The normalized spacial score (nSPS) is 12.4. The summed E-state index contributed by atoms with van der Waals surface area (Å²) in [5.74, 6) is -2.57. The van der Waals surface area contributed by atoms with Crippen molar-refractivity contribution in [2.45, 2.75) is 52.4 Å². The van der Waals surface area contributed by atoms with E-state index in [-0.39, 0.29) is 42.1 Å². The summed E-state index contributed by atoms with van der Waals surface area (Å²) in [6.45, 7) is 13.3. The van der Waals surface area contributed by atoms with E-state index in [0.717, 1.165) is 35.7 Å². The summed E-state index contributed by atoms with van der Waals surface area (Å²) in [4.78, 5) is 16.9. The number of hydrogen-bond acceptors (Lipinski definition) is 4. The third kappa shape index (κ3) is 17.5. The van der Waals surface area contributed by atoms with Crippen molar-refractivity contribution in [3.63, 3.8) is 0 Å². The number of halogens is 10. The molecule has 0 bridgehead atoms. The third-order valence-electron chi connectivity index (χ3n) is 7.07. The maximum absolute atomic E-state index is 13.2. The molecule has 0 N–H and O–H groups in total. The topological polar surface area (TPSA) is 51.6 Å². The minimum absolute atomic E-state index is 0. The fourth-order valence-electron chi connectivity index (χ4n) is 4.38. The maximum atomic E-state index is 13.2. The first kappa shape index (κ1) is 47.6. The van der Waals surface area contributed by atoms with Crippen LogP contribution in [0.1, 0.15) is 52.7 Å². The molecule has 0 saturated heterocycles. The molecule has 4 heterocycles. The van der Waals surface area contributed by atoms with Gasteiger partial charge in [-0.25, -0.2) is 0 Å². The van der Waals surface area contributed by atoms with E-state index in [1.54, 1.807) is 48.8 Å². The van der Waals surface area contributed by atoms with Gasteiger partial charge in [0.05, 0.1) is 11.4 Å². The standard InChI is InChI=1S/C18H24N2.2C11H6F2N.F6P.Ir/c1-17(2,3)13-7-9-19-15(11-13)16-12-14(8-10-20-16)18(4,5)6;2*12-8-4-5-9(10(13)7-8)11-3-1-2-6-14-11;1-7(2,3,4,5)6;/h7-12H,1-6H3;2*1-4,6-7H;;/q;3*-1;+3. The Bertz CT molecular complexity index is 2030. The summed E-state index contributed by atoms with van der Waals surface area (Å²) >= 11 is 0. The molecule has 0 saturated carbocycles. The second-order valence-electron chi connectivity index (χ2n) is 13.8. The van der Waals surface area contributed by atoms with Crippen molar-refractivity contribution in [2.24, 2.45) is 0 Å². The van der Waals surface area contributed by atoms with E-state index < -0.39 is 31.1 Å². The van der Waals surface area contributed by atoms with Crippen LogP contribution in [-0.2, 0) is 30.9 Å². The summed E-state index contributed by atoms with van der Waals surface area (Å²) < 4.78 is 111. The molecule has 0 aliphatic heterocycles. The molecule has 0 atom stereocenters. The van der Waals surface area contributed by atoms with Crippen molar-refractivity contribution in [1.82, 2.24) is 19.9 Å². The molecule has 16 heteroatoms. The van der Waals surface area contributed by atoms with Gasteiger partial charge in [-0.2, -0.15) is 0 Å². The second kappa shape index (κ2) is 18.1. The summed E-state index contributed by atoms with van der Waals surface area (Å²) in [5, 5.41) is 0. The first-order valence-electron chi connectivity index (χ1n) is 16.2. The molecule has 6 aromatic rings. The van der Waals surface area contributed by atoms with E-state index >= 15 is 0 Å². The minimum Gasteiger partial charge on any atom is -0.305 e. The van der Waals surface area contributed by atoms with Crippen LogP contribution in [0.25, 0.3) is 33.9 Å². The first-order valence-corrected chi connectivity index (χ1v) is 18.3. The zero-order valence-electron chi connectivity index (χ0n) is 30.7. The van der Waals surface area contributed by atoms with Crippen LogP contribution >= 0.6 is 7.81 Å². The van der Waals surface area contributed by atoms with Crippen LogP contribution in [0.4, 0.5) is 42.7 Å². The van der Waals surface area contributed by atoms with Gasteiger partial charge in [0.1, 0.15) is 0 Å². The van der Waals surface area contributed by atoms with Crippen LogP contribution in [0.15, 0.2) is 110 Å². The predicted octanol–water partition coefficient (Wildman–Crippen LogP) is 13.8. The van der Waals surface area contributed by atoms with E-state index in [2.05, 4.69) is 97.9 Å². The number of hydrogen-bond donors (Lipinski definition) is 0. The van der Waals surface area contributed by atoms with Crippen molar-refractivity contribution < 1.29 is 62.8 Å². The fraction of sp³-hybridized carbons (Fsp3) is 0.200. The Morgan fingerprint density at radius 2 is 0.786 bits per heavy atom. The summed E-state index contributed by atoms with van der Waals surface area (Å²) in [5.41, 5.74) is 5.98. The van der Waals surface area contributed by atoms with Gasteiger partial charge in [0.25, 0.3) is 0 Å². The van der Waals surface area contributed by atoms with Gasteiger partial charge in [0, 0.05) is 48.1 Å². The SMILES string of the molecule is CC(C)(C)c1ccnc(-c2cc(C(C)(C)C)ccn2)c1.F[P-](F)(F)(F)(F)F.Fc1c[c-]c(-c2ccccn2)c(F)c1.Fc1c[c-]c(-c2ccccn2)c(F)c1.[Ir+3]. The van der Waals surface area contributed by atoms with Crippen LogP contribution < -0.4 is 0 Å². The summed E-state index contributed by atoms with van der Waals surface area (Å²) in [6, 6.07) is 27.5. The molecule has 4 aromatic heterocycles. The zero-order valence-corrected chi connectivity index (χ0v) is 34.0. The Morgan fingerprint density at radius 3 is 1.05 bits per heavy atom. The molecular formula is C40H36F10IrN4P. The van der Waals surface area contributed by atoms with Crippen molar-refractivity contribution in [3.8, 4) is 33.9 Å². The molecule has 4 nitrogen and oxygen atoms in total. The third-order valence-corrected chi connectivity index (χ3v) is 7.07. The number of benzene rings is 2. The van der Waals surface area contributed by atoms with Gasteiger partial charge in [0.15, 0.2) is 0 Å². The summed E-state index contributed by atoms with van der Waals surface area (Å²) in [6.07, 6.45) is 6.85. The van der Waals surface area contributed by atoms with Gasteiger partial charge < -0.3 is 9.97 Å². The average Bonchev–Trinajstić information content (AvgIpc) is 3.08. The molecule has 6 rings (SSSR count). The van der Waals surface area contributed by atoms with E-state index in [1.807, 2.05) is 12.4 Å². The second-order valence-corrected chi connectivity index (χ2v) is 15.7. The molecule has 0 radical (unpaired) electrons. The van der Waals surface area contributed by atoms with E-state index in [0.29, 0.717) is 11.4 Å². The van der Waals surface area contributed by atoms with Gasteiger partial charge in [-0.15, -0.1) is 24.3 Å². The molecule has 300 valence electrons. The Morgan fingerprint density at radius 1 is 0.464 bits per heavy atom. The molecule has 0 aliphatic rings. The molecule has 56 heavy (non-hydrogen) atoms. The molecule has 0 aliphatic carbocycles. The van der Waals surface area contributed by atoms with Crippen LogP contribution in [0.3, 0.4) is 0 Å². The van der Waals surface area contributed by atoms with Crippen molar-refractivity contribution in [1.29, 1.82) is 0 Å². The van der Waals surface area contributed by atoms with Crippen LogP contribution in [0.2, 0.25) is 0 Å². The molecule has 0 fully saturated rings. The van der Waals surface area contributed by atoms with Crippen LogP contribution in [-0.4, -0.2) is 19.9 Å². The van der Waals surface area contributed by atoms with Gasteiger partial charge in [-0.05, 0) is 69.7 Å². The largest absolute Gasteiger partial charge is 3.00 e. The zero-order chi connectivity index (χ0) is 41.3. The van der Waals surface area contributed by atoms with E-state index in [9.17, 15) is 42.7 Å². The molecule has 0 spiro atoms. The minimum atomic E-state index is -10.7. The van der Waals surface area contributed by atoms with Gasteiger partial charge >= 0.3 is 53.1 Å². The monoisotopic (exact) mass is 986 g/mol. The molecule has 2 aromatic carbocycles. The number of rotatable bonds is 3. The van der Waals surface area contributed by atoms with Crippen molar-refractivity contribution in [2.75, 3.05) is 0 Å². The smallest absolute Gasteiger partial charge is 0.305 e.